The van der Waals surface area contributed by atoms with Crippen LogP contribution < -0.4 is 5.32 Å². The third kappa shape index (κ3) is 5.96. The monoisotopic (exact) mass is 492 g/mol. The smallest absolute Gasteiger partial charge is 0.230 e. The van der Waals surface area contributed by atoms with Crippen molar-refractivity contribution in [3.63, 3.8) is 0 Å². The molecule has 0 fully saturated rings. The predicted octanol–water partition coefficient (Wildman–Crippen LogP) is 2.44. The maximum Gasteiger partial charge on any atom is 0.230 e. The van der Waals surface area contributed by atoms with Crippen LogP contribution in [0.4, 0.5) is 0 Å². The van der Waals surface area contributed by atoms with Crippen molar-refractivity contribution >= 4 is 44.1 Å². The molecule has 1 rings (SSSR count). The molecule has 0 aliphatic rings. The van der Waals surface area contributed by atoms with Crippen LogP contribution >= 0.6 is 22.6 Å². The van der Waals surface area contributed by atoms with Gasteiger partial charge in [0.25, 0.3) is 0 Å². The number of carbonyl (C=O) groups excluding carboxylic acids is 2. The number of benzene rings is 1. The molecule has 0 aliphatic heterocycles. The van der Waals surface area contributed by atoms with Crippen molar-refractivity contribution in [1.29, 1.82) is 0 Å². The van der Waals surface area contributed by atoms with Crippen molar-refractivity contribution in [2.75, 3.05) is 16.7 Å². The second-order valence-corrected chi connectivity index (χ2v) is 8.75. The number of amides is 1. The standard InChI is InChI=1S/C16H21IN4O4S/c1-4-26(24,25)16-10(2)5-12(6-11(16)3)7-14(22)13(9-19-21-18)20-15(23)8-17/h5-6,13H,4,7-9H2,1-3H3,(H,20,23). The Labute approximate surface area is 166 Å². The predicted molar refractivity (Wildman–Crippen MR) is 107 cm³/mol. The van der Waals surface area contributed by atoms with E-state index in [0.29, 0.717) is 21.6 Å². The minimum absolute atomic E-state index is 0.00126. The van der Waals surface area contributed by atoms with E-state index in [1.54, 1.807) is 32.9 Å². The lowest BCUT2D eigenvalue weighted by Gasteiger charge is -2.16. The first-order valence-electron chi connectivity index (χ1n) is 7.88. The summed E-state index contributed by atoms with van der Waals surface area (Å²) in [4.78, 5) is 27.0. The van der Waals surface area contributed by atoms with Gasteiger partial charge in [0.05, 0.1) is 27.7 Å². The lowest BCUT2D eigenvalue weighted by Crippen LogP contribution is -2.44. The maximum absolute atomic E-state index is 12.5. The lowest BCUT2D eigenvalue weighted by molar-refractivity contribution is -0.125. The number of Topliss-reactive ketones (excluding diaryl/α,β-unsaturated/α-hetero) is 1. The molecule has 1 unspecified atom stereocenters. The van der Waals surface area contributed by atoms with E-state index >= 15 is 0 Å². The number of carbonyl (C=O) groups is 2. The SMILES string of the molecule is CCS(=O)(=O)c1c(C)cc(CC(=O)C(CN=[N+]=[N-])NC(=O)CI)cc1C. The van der Waals surface area contributed by atoms with Crippen LogP contribution in [0.25, 0.3) is 10.4 Å². The minimum Gasteiger partial charge on any atom is -0.345 e. The van der Waals surface area contributed by atoms with Crippen LogP contribution in [0.15, 0.2) is 22.1 Å². The Kier molecular flexibility index (Phi) is 8.51. The number of aryl methyl sites for hydroxylation is 2. The number of rotatable bonds is 9. The van der Waals surface area contributed by atoms with Gasteiger partial charge in [0.1, 0.15) is 0 Å². The van der Waals surface area contributed by atoms with Gasteiger partial charge in [0.2, 0.25) is 5.91 Å². The molecule has 0 bridgehead atoms. The van der Waals surface area contributed by atoms with E-state index < -0.39 is 15.9 Å². The average Bonchev–Trinajstić information content (AvgIpc) is 2.57. The molecule has 1 atom stereocenters. The number of sulfone groups is 1. The molecule has 0 heterocycles. The summed E-state index contributed by atoms with van der Waals surface area (Å²) in [5, 5.41) is 5.92. The van der Waals surface area contributed by atoms with E-state index in [1.165, 1.54) is 0 Å². The van der Waals surface area contributed by atoms with Crippen LogP contribution in [0.1, 0.15) is 23.6 Å². The van der Waals surface area contributed by atoms with E-state index in [9.17, 15) is 18.0 Å². The summed E-state index contributed by atoms with van der Waals surface area (Å²) in [6.07, 6.45) is 0.00126. The Hall–Kier alpha value is -1.65. The summed E-state index contributed by atoms with van der Waals surface area (Å²) >= 11 is 1.87. The zero-order valence-electron chi connectivity index (χ0n) is 14.8. The number of azide groups is 1. The van der Waals surface area contributed by atoms with Crippen LogP contribution in [0, 0.1) is 13.8 Å². The third-order valence-corrected chi connectivity index (χ3v) is 6.48. The van der Waals surface area contributed by atoms with Gasteiger partial charge in [-0.1, -0.05) is 46.8 Å². The van der Waals surface area contributed by atoms with Crippen molar-refractivity contribution in [3.05, 3.63) is 39.3 Å². The normalized spacial score (nSPS) is 12.2. The second kappa shape index (κ2) is 9.89. The maximum atomic E-state index is 12.5. The second-order valence-electron chi connectivity index (χ2n) is 5.77. The summed E-state index contributed by atoms with van der Waals surface area (Å²) in [6.45, 7) is 4.80. The Morgan fingerprint density at radius 1 is 1.31 bits per heavy atom. The highest BCUT2D eigenvalue weighted by Gasteiger charge is 2.22. The van der Waals surface area contributed by atoms with Crippen LogP contribution in [-0.4, -0.2) is 42.9 Å². The van der Waals surface area contributed by atoms with Crippen molar-refractivity contribution in [1.82, 2.24) is 5.32 Å². The Morgan fingerprint density at radius 3 is 2.35 bits per heavy atom. The zero-order valence-corrected chi connectivity index (χ0v) is 17.8. The van der Waals surface area contributed by atoms with E-state index in [0.717, 1.165) is 0 Å². The molecule has 1 aromatic carbocycles. The van der Waals surface area contributed by atoms with Gasteiger partial charge in [-0.15, -0.1) is 0 Å². The molecule has 0 saturated carbocycles. The van der Waals surface area contributed by atoms with Gasteiger partial charge < -0.3 is 5.32 Å². The largest absolute Gasteiger partial charge is 0.345 e. The highest BCUT2D eigenvalue weighted by atomic mass is 127. The molecule has 10 heteroatoms. The molecule has 0 spiro atoms. The fourth-order valence-corrected chi connectivity index (χ4v) is 4.29. The zero-order chi connectivity index (χ0) is 19.9. The van der Waals surface area contributed by atoms with Gasteiger partial charge in [-0.2, -0.15) is 0 Å². The summed E-state index contributed by atoms with van der Waals surface area (Å²) in [6, 6.07) is 2.42. The molecule has 0 radical (unpaired) electrons. The van der Waals surface area contributed by atoms with Crippen molar-refractivity contribution in [2.45, 2.75) is 38.1 Å². The molecule has 1 amide bonds. The lowest BCUT2D eigenvalue weighted by atomic mass is 10.00. The number of hydrogen-bond acceptors (Lipinski definition) is 5. The molecule has 26 heavy (non-hydrogen) atoms. The fourth-order valence-electron chi connectivity index (χ4n) is 2.68. The highest BCUT2D eigenvalue weighted by molar-refractivity contribution is 14.1. The molecular weight excluding hydrogens is 471 g/mol. The van der Waals surface area contributed by atoms with E-state index in [2.05, 4.69) is 15.3 Å². The third-order valence-electron chi connectivity index (χ3n) is 3.76. The molecule has 0 aromatic heterocycles. The van der Waals surface area contributed by atoms with E-state index in [1.807, 2.05) is 22.6 Å². The van der Waals surface area contributed by atoms with Gasteiger partial charge in [0, 0.05) is 11.3 Å². The van der Waals surface area contributed by atoms with Crippen LogP contribution in [-0.2, 0) is 25.8 Å². The topological polar surface area (TPSA) is 129 Å². The average molecular weight is 492 g/mol. The summed E-state index contributed by atoms with van der Waals surface area (Å²) in [5.74, 6) is -0.627. The van der Waals surface area contributed by atoms with Crippen LogP contribution in [0.3, 0.4) is 0 Å². The summed E-state index contributed by atoms with van der Waals surface area (Å²) < 4.78 is 24.6. The van der Waals surface area contributed by atoms with Crippen LogP contribution in [0.2, 0.25) is 0 Å². The van der Waals surface area contributed by atoms with Gasteiger partial charge in [0.15, 0.2) is 15.6 Å². The number of ketones is 1. The Balaban J connectivity index is 3.10. The van der Waals surface area contributed by atoms with Crippen molar-refractivity contribution < 1.29 is 18.0 Å². The molecule has 1 N–H and O–H groups in total. The first-order valence-corrected chi connectivity index (χ1v) is 11.1. The fraction of sp³-hybridized carbons (Fsp3) is 0.500. The molecule has 1 aromatic rings. The molecule has 142 valence electrons. The molecule has 0 saturated heterocycles. The van der Waals surface area contributed by atoms with Gasteiger partial charge in [-0.25, -0.2) is 8.42 Å². The van der Waals surface area contributed by atoms with E-state index in [-0.39, 0.29) is 34.8 Å². The van der Waals surface area contributed by atoms with Gasteiger partial charge >= 0.3 is 0 Å². The Bertz CT molecular complexity index is 825. The molecule has 8 nitrogen and oxygen atoms in total. The van der Waals surface area contributed by atoms with Crippen molar-refractivity contribution in [3.8, 4) is 0 Å². The van der Waals surface area contributed by atoms with E-state index in [4.69, 9.17) is 5.53 Å². The first kappa shape index (κ1) is 22.4. The number of nitrogens with one attached hydrogen (secondary N) is 1. The van der Waals surface area contributed by atoms with Crippen molar-refractivity contribution in [2.24, 2.45) is 5.11 Å². The minimum atomic E-state index is -3.35. The summed E-state index contributed by atoms with van der Waals surface area (Å²) in [5.41, 5.74) is 10.3. The number of nitrogens with zero attached hydrogens (tertiary/aromatic N) is 3. The molecule has 0 aliphatic carbocycles. The first-order chi connectivity index (χ1) is 12.2. The Morgan fingerprint density at radius 2 is 1.88 bits per heavy atom. The highest BCUT2D eigenvalue weighted by Crippen LogP contribution is 2.23. The van der Waals surface area contributed by atoms with Gasteiger partial charge in [-0.05, 0) is 36.1 Å². The summed E-state index contributed by atoms with van der Waals surface area (Å²) in [7, 11) is -3.35. The number of halogens is 1. The number of alkyl halides is 1. The molecular formula is C16H21IN4O4S. The number of hydrogen-bond donors (Lipinski definition) is 1. The van der Waals surface area contributed by atoms with Crippen LogP contribution in [0.5, 0.6) is 0 Å². The quantitative estimate of drug-likeness (QED) is 0.187. The van der Waals surface area contributed by atoms with Gasteiger partial charge in [-0.3, -0.25) is 9.59 Å².